The summed E-state index contributed by atoms with van der Waals surface area (Å²) in [5.74, 6) is -0.360. The Morgan fingerprint density at radius 1 is 1.73 bits per heavy atom. The van der Waals surface area contributed by atoms with Crippen LogP contribution in [-0.4, -0.2) is 22.4 Å². The molecule has 0 saturated carbocycles. The Hall–Kier alpha value is -1.36. The van der Waals surface area contributed by atoms with E-state index in [0.29, 0.717) is 13.0 Å². The van der Waals surface area contributed by atoms with Gasteiger partial charge in [-0.3, -0.25) is 4.79 Å². The van der Waals surface area contributed by atoms with Crippen molar-refractivity contribution < 1.29 is 4.79 Å². The third kappa shape index (κ3) is 1.78. The lowest BCUT2D eigenvalue weighted by Gasteiger charge is -1.89. The molecule has 5 N–H and O–H groups in total. The molecule has 5 heteroatoms. The maximum atomic E-state index is 10.5. The largest absolute Gasteiger partial charge is 0.363 e. The molecule has 60 valence electrons. The molecule has 0 fully saturated rings. The predicted octanol–water partition coefficient (Wildman–Crippen LogP) is -0.990. The quantitative estimate of drug-likeness (QED) is 0.521. The summed E-state index contributed by atoms with van der Waals surface area (Å²) < 4.78 is 0. The Balaban J connectivity index is 2.73. The van der Waals surface area contributed by atoms with Crippen LogP contribution >= 0.6 is 0 Å². The summed E-state index contributed by atoms with van der Waals surface area (Å²) in [4.78, 5) is 17.0. The molecular weight excluding hydrogens is 144 g/mol. The van der Waals surface area contributed by atoms with Crippen LogP contribution in [0.3, 0.4) is 0 Å². The zero-order valence-corrected chi connectivity index (χ0v) is 6.00. The van der Waals surface area contributed by atoms with Gasteiger partial charge < -0.3 is 16.5 Å². The van der Waals surface area contributed by atoms with Gasteiger partial charge in [0.1, 0.15) is 0 Å². The minimum Gasteiger partial charge on any atom is -0.363 e. The van der Waals surface area contributed by atoms with E-state index in [9.17, 15) is 4.79 Å². The summed E-state index contributed by atoms with van der Waals surface area (Å²) in [7, 11) is 0. The van der Waals surface area contributed by atoms with E-state index in [1.165, 1.54) is 0 Å². The van der Waals surface area contributed by atoms with E-state index >= 15 is 0 Å². The molecule has 0 bridgehead atoms. The van der Waals surface area contributed by atoms with Crippen molar-refractivity contribution in [1.82, 2.24) is 9.97 Å². The van der Waals surface area contributed by atoms with Crippen LogP contribution in [0.5, 0.6) is 0 Å². The minimum absolute atomic E-state index is 0.188. The number of hydrogen-bond donors (Lipinski definition) is 3. The topological polar surface area (TPSA) is 97.8 Å². The normalized spacial score (nSPS) is 9.91. The van der Waals surface area contributed by atoms with E-state index in [-0.39, 0.29) is 5.82 Å². The minimum atomic E-state index is -0.548. The molecule has 0 spiro atoms. The van der Waals surface area contributed by atoms with Crippen LogP contribution in [0.1, 0.15) is 16.3 Å². The second kappa shape index (κ2) is 3.16. The van der Waals surface area contributed by atoms with Gasteiger partial charge in [0.2, 0.25) is 0 Å². The lowest BCUT2D eigenvalue weighted by Crippen LogP contribution is -2.13. The maximum Gasteiger partial charge on any atom is 0.284 e. The van der Waals surface area contributed by atoms with Crippen molar-refractivity contribution in [1.29, 1.82) is 0 Å². The standard InChI is InChI=1S/C6H10N4O/c7-2-1-4-3-9-6(10-4)5(8)11/h3H,1-2,7H2,(H2,8,11)(H,9,10). The van der Waals surface area contributed by atoms with Crippen molar-refractivity contribution in [3.8, 4) is 0 Å². The van der Waals surface area contributed by atoms with Crippen molar-refractivity contribution in [2.24, 2.45) is 11.5 Å². The summed E-state index contributed by atoms with van der Waals surface area (Å²) in [6, 6.07) is 0. The van der Waals surface area contributed by atoms with Gasteiger partial charge in [-0.2, -0.15) is 0 Å². The van der Waals surface area contributed by atoms with Crippen LogP contribution in [-0.2, 0) is 6.42 Å². The summed E-state index contributed by atoms with van der Waals surface area (Å²) in [5.41, 5.74) is 11.1. The van der Waals surface area contributed by atoms with Crippen molar-refractivity contribution in [3.63, 3.8) is 0 Å². The molecule has 1 heterocycles. The molecule has 0 atom stereocenters. The number of aromatic nitrogens is 2. The van der Waals surface area contributed by atoms with Crippen LogP contribution in [0.25, 0.3) is 0 Å². The Kier molecular flexibility index (Phi) is 2.22. The Bertz CT molecular complexity index is 255. The number of hydrogen-bond acceptors (Lipinski definition) is 3. The number of nitrogens with two attached hydrogens (primary N) is 2. The molecule has 0 unspecified atom stereocenters. The molecule has 0 radical (unpaired) electrons. The zero-order chi connectivity index (χ0) is 8.27. The molecule has 5 nitrogen and oxygen atoms in total. The van der Waals surface area contributed by atoms with Crippen LogP contribution in [0, 0.1) is 0 Å². The van der Waals surface area contributed by atoms with Gasteiger partial charge in [0.25, 0.3) is 5.91 Å². The Labute approximate surface area is 63.8 Å². The van der Waals surface area contributed by atoms with E-state index in [1.54, 1.807) is 6.20 Å². The zero-order valence-electron chi connectivity index (χ0n) is 6.00. The summed E-state index contributed by atoms with van der Waals surface area (Å²) in [5, 5.41) is 0. The number of carbonyl (C=O) groups is 1. The molecule has 0 aliphatic carbocycles. The van der Waals surface area contributed by atoms with Crippen molar-refractivity contribution in [2.45, 2.75) is 6.42 Å². The number of aromatic amines is 1. The van der Waals surface area contributed by atoms with E-state index in [2.05, 4.69) is 9.97 Å². The molecular formula is C6H10N4O. The Morgan fingerprint density at radius 2 is 2.45 bits per heavy atom. The molecule has 11 heavy (non-hydrogen) atoms. The first-order chi connectivity index (χ1) is 5.24. The second-order valence-electron chi connectivity index (χ2n) is 2.16. The maximum absolute atomic E-state index is 10.5. The fourth-order valence-electron chi connectivity index (χ4n) is 0.767. The fraction of sp³-hybridized carbons (Fsp3) is 0.333. The van der Waals surface area contributed by atoms with Crippen LogP contribution in [0.15, 0.2) is 6.20 Å². The molecule has 1 amide bonds. The van der Waals surface area contributed by atoms with Gasteiger partial charge in [0.05, 0.1) is 0 Å². The average molecular weight is 154 g/mol. The van der Waals surface area contributed by atoms with Crippen LogP contribution in [0.2, 0.25) is 0 Å². The number of carbonyl (C=O) groups excluding carboxylic acids is 1. The average Bonchev–Trinajstić information content (AvgIpc) is 2.37. The lowest BCUT2D eigenvalue weighted by molar-refractivity contribution is 0.0991. The van der Waals surface area contributed by atoms with Gasteiger partial charge >= 0.3 is 0 Å². The molecule has 0 saturated heterocycles. The highest BCUT2D eigenvalue weighted by Gasteiger charge is 2.03. The first-order valence-corrected chi connectivity index (χ1v) is 3.28. The Morgan fingerprint density at radius 3 is 2.91 bits per heavy atom. The highest BCUT2D eigenvalue weighted by molar-refractivity contribution is 5.88. The predicted molar refractivity (Wildman–Crippen MR) is 39.9 cm³/mol. The van der Waals surface area contributed by atoms with Gasteiger partial charge in [0, 0.05) is 18.3 Å². The van der Waals surface area contributed by atoms with E-state index < -0.39 is 5.91 Å². The van der Waals surface area contributed by atoms with Gasteiger partial charge in [-0.05, 0) is 6.54 Å². The monoisotopic (exact) mass is 154 g/mol. The van der Waals surface area contributed by atoms with Gasteiger partial charge in [0.15, 0.2) is 5.82 Å². The summed E-state index contributed by atoms with van der Waals surface area (Å²) >= 11 is 0. The fourth-order valence-corrected chi connectivity index (χ4v) is 0.767. The van der Waals surface area contributed by atoms with Gasteiger partial charge in [-0.15, -0.1) is 0 Å². The smallest absolute Gasteiger partial charge is 0.284 e. The first-order valence-electron chi connectivity index (χ1n) is 3.28. The highest BCUT2D eigenvalue weighted by atomic mass is 16.1. The third-order valence-electron chi connectivity index (χ3n) is 1.28. The number of amides is 1. The number of nitrogens with zero attached hydrogens (tertiary/aromatic N) is 1. The van der Waals surface area contributed by atoms with Crippen molar-refractivity contribution >= 4 is 5.91 Å². The molecule has 0 aliphatic heterocycles. The van der Waals surface area contributed by atoms with Crippen LogP contribution in [0.4, 0.5) is 0 Å². The number of nitrogens with one attached hydrogen (secondary N) is 1. The SMILES string of the molecule is NCCc1cnc(C(N)=O)[nH]1. The van der Waals surface area contributed by atoms with Crippen LogP contribution < -0.4 is 11.5 Å². The number of rotatable bonds is 3. The van der Waals surface area contributed by atoms with E-state index in [0.717, 1.165) is 5.69 Å². The number of imidazole rings is 1. The third-order valence-corrected chi connectivity index (χ3v) is 1.28. The lowest BCUT2D eigenvalue weighted by atomic mass is 10.3. The summed E-state index contributed by atoms with van der Waals surface area (Å²) in [6.45, 7) is 0.528. The number of primary amides is 1. The van der Waals surface area contributed by atoms with Crippen molar-refractivity contribution in [2.75, 3.05) is 6.54 Å². The van der Waals surface area contributed by atoms with E-state index in [4.69, 9.17) is 11.5 Å². The van der Waals surface area contributed by atoms with E-state index in [1.807, 2.05) is 0 Å². The molecule has 0 aromatic carbocycles. The van der Waals surface area contributed by atoms with Gasteiger partial charge in [-0.1, -0.05) is 0 Å². The molecule has 0 aliphatic rings. The first kappa shape index (κ1) is 7.74. The molecule has 1 aromatic rings. The van der Waals surface area contributed by atoms with Crippen molar-refractivity contribution in [3.05, 3.63) is 17.7 Å². The highest BCUT2D eigenvalue weighted by Crippen LogP contribution is 1.95. The second-order valence-corrected chi connectivity index (χ2v) is 2.16. The molecule has 1 aromatic heterocycles. The summed E-state index contributed by atoms with van der Waals surface area (Å²) in [6.07, 6.45) is 2.24. The molecule has 1 rings (SSSR count). The number of H-pyrrole nitrogens is 1. The van der Waals surface area contributed by atoms with Gasteiger partial charge in [-0.25, -0.2) is 4.98 Å².